The second kappa shape index (κ2) is 11.9. The highest BCUT2D eigenvalue weighted by molar-refractivity contribution is 9.10. The van der Waals surface area contributed by atoms with Crippen molar-refractivity contribution in [2.24, 2.45) is 11.8 Å². The molecule has 9 heteroatoms. The van der Waals surface area contributed by atoms with Gasteiger partial charge in [-0.05, 0) is 51.5 Å². The minimum atomic E-state index is -0.872. The van der Waals surface area contributed by atoms with E-state index in [1.165, 1.54) is 18.8 Å². The number of nitrogens with zero attached hydrogens (tertiary/aromatic N) is 1. The van der Waals surface area contributed by atoms with Gasteiger partial charge in [0.2, 0.25) is 17.7 Å². The molecule has 2 aromatic rings. The maximum atomic E-state index is 13.3. The smallest absolute Gasteiger partial charge is 0.243 e. The van der Waals surface area contributed by atoms with Gasteiger partial charge in [0.15, 0.2) is 0 Å². The van der Waals surface area contributed by atoms with Crippen LogP contribution in [0.25, 0.3) is 0 Å². The van der Waals surface area contributed by atoms with Gasteiger partial charge in [-0.1, -0.05) is 44.2 Å². The van der Waals surface area contributed by atoms with Gasteiger partial charge >= 0.3 is 0 Å². The first-order chi connectivity index (χ1) is 16.3. The third-order valence-electron chi connectivity index (χ3n) is 5.78. The molecule has 7 nitrogen and oxygen atoms in total. The van der Waals surface area contributed by atoms with Crippen molar-refractivity contribution in [3.05, 3.63) is 58.1 Å². The van der Waals surface area contributed by atoms with Crippen molar-refractivity contribution in [2.45, 2.75) is 44.0 Å². The summed E-state index contributed by atoms with van der Waals surface area (Å²) in [6.07, 6.45) is 1.15. The number of rotatable bonds is 10. The van der Waals surface area contributed by atoms with Crippen LogP contribution in [-0.4, -0.2) is 46.7 Å². The summed E-state index contributed by atoms with van der Waals surface area (Å²) >= 11 is 5.09. The van der Waals surface area contributed by atoms with Gasteiger partial charge < -0.3 is 5.32 Å². The van der Waals surface area contributed by atoms with E-state index in [1.807, 2.05) is 36.4 Å². The molecular weight excluding hydrogens is 518 g/mol. The number of nitrogens with one attached hydrogen (secondary N) is 2. The summed E-state index contributed by atoms with van der Waals surface area (Å²) in [7, 11) is 1.51. The molecule has 1 heterocycles. The highest BCUT2D eigenvalue weighted by Crippen LogP contribution is 2.38. The van der Waals surface area contributed by atoms with Gasteiger partial charge in [-0.2, -0.15) is 0 Å². The van der Waals surface area contributed by atoms with E-state index < -0.39 is 12.0 Å². The Balaban J connectivity index is 1.78. The van der Waals surface area contributed by atoms with Crippen molar-refractivity contribution >= 4 is 51.1 Å². The van der Waals surface area contributed by atoms with Crippen LogP contribution in [0.3, 0.4) is 0 Å². The fourth-order valence-electron chi connectivity index (χ4n) is 4.09. The molecule has 0 aromatic heterocycles. The first-order valence-corrected chi connectivity index (χ1v) is 13.0. The van der Waals surface area contributed by atoms with Crippen LogP contribution < -0.4 is 10.8 Å². The standard InChI is InChI=1S/C25H30BrN3O4S/c1-15(2)11-18-21(10-9-19(28-33)23(18)26)34-14-17-13-22(30)29(25(17)32)20(24(31)27-3)12-16-7-5-4-6-8-16/h4-10,15,17,20,28,33H,11-14H2,1-3H3,(H,27,31)/t17?,20-/m0/s1. The molecule has 2 atom stereocenters. The molecule has 182 valence electrons. The Morgan fingerprint density at radius 1 is 1.18 bits per heavy atom. The van der Waals surface area contributed by atoms with Gasteiger partial charge in [0.25, 0.3) is 0 Å². The van der Waals surface area contributed by atoms with Crippen LogP contribution in [-0.2, 0) is 27.2 Å². The lowest BCUT2D eigenvalue weighted by Gasteiger charge is -2.25. The van der Waals surface area contributed by atoms with Gasteiger partial charge in [-0.15, -0.1) is 11.8 Å². The molecule has 0 radical (unpaired) electrons. The molecule has 1 aliphatic rings. The molecule has 3 N–H and O–H groups in total. The summed E-state index contributed by atoms with van der Waals surface area (Å²) < 4.78 is 0.784. The number of halogens is 1. The monoisotopic (exact) mass is 547 g/mol. The van der Waals surface area contributed by atoms with Crippen molar-refractivity contribution in [1.82, 2.24) is 10.2 Å². The van der Waals surface area contributed by atoms with E-state index >= 15 is 0 Å². The van der Waals surface area contributed by atoms with Gasteiger partial charge in [0, 0.05) is 35.0 Å². The Hall–Kier alpha value is -2.36. The summed E-state index contributed by atoms with van der Waals surface area (Å²) in [5, 5.41) is 12.0. The zero-order chi connectivity index (χ0) is 24.8. The average molecular weight is 549 g/mol. The Bertz CT molecular complexity index is 1050. The van der Waals surface area contributed by atoms with Crippen LogP contribution in [0.15, 0.2) is 51.8 Å². The molecule has 0 aliphatic carbocycles. The number of carbonyl (C=O) groups excluding carboxylic acids is 3. The van der Waals surface area contributed by atoms with Crippen molar-refractivity contribution in [3.8, 4) is 0 Å². The Labute approximate surface area is 212 Å². The quantitative estimate of drug-likeness (QED) is 0.233. The van der Waals surface area contributed by atoms with E-state index in [9.17, 15) is 19.6 Å². The fraction of sp³-hybridized carbons (Fsp3) is 0.400. The first-order valence-electron chi connectivity index (χ1n) is 11.2. The normalized spacial score (nSPS) is 16.8. The van der Waals surface area contributed by atoms with Crippen molar-refractivity contribution in [3.63, 3.8) is 0 Å². The van der Waals surface area contributed by atoms with Crippen LogP contribution in [0.2, 0.25) is 0 Å². The minimum absolute atomic E-state index is 0.0884. The predicted molar refractivity (Wildman–Crippen MR) is 137 cm³/mol. The van der Waals surface area contributed by atoms with Crippen LogP contribution in [0, 0.1) is 11.8 Å². The van der Waals surface area contributed by atoms with E-state index in [4.69, 9.17) is 0 Å². The zero-order valence-corrected chi connectivity index (χ0v) is 21.9. The van der Waals surface area contributed by atoms with Crippen LogP contribution >= 0.6 is 27.7 Å². The molecule has 0 bridgehead atoms. The van der Waals surface area contributed by atoms with Gasteiger partial charge in [-0.3, -0.25) is 30.0 Å². The maximum absolute atomic E-state index is 13.3. The molecule has 3 amide bonds. The van der Waals surface area contributed by atoms with E-state index in [2.05, 4.69) is 40.6 Å². The SMILES string of the molecule is CNC(=O)[C@H](Cc1ccccc1)N1C(=O)CC(CSc2ccc(NO)c(Br)c2CC(C)C)C1=O. The third-order valence-corrected chi connectivity index (χ3v) is 7.95. The van der Waals surface area contributed by atoms with Crippen LogP contribution in [0.1, 0.15) is 31.4 Å². The molecule has 1 fully saturated rings. The molecule has 1 saturated heterocycles. The molecule has 34 heavy (non-hydrogen) atoms. The van der Waals surface area contributed by atoms with Crippen molar-refractivity contribution < 1.29 is 19.6 Å². The number of likely N-dealkylation sites (tertiary alicyclic amines) is 1. The summed E-state index contributed by atoms with van der Waals surface area (Å²) in [6.45, 7) is 4.23. The molecular formula is C25H30BrN3O4S. The second-order valence-corrected chi connectivity index (χ2v) is 10.6. The van der Waals surface area contributed by atoms with E-state index in [0.717, 1.165) is 31.8 Å². The van der Waals surface area contributed by atoms with E-state index in [-0.39, 0.29) is 30.6 Å². The molecule has 1 aliphatic heterocycles. The summed E-state index contributed by atoms with van der Waals surface area (Å²) in [6, 6.07) is 12.2. The predicted octanol–water partition coefficient (Wildman–Crippen LogP) is 4.27. The topological polar surface area (TPSA) is 98.7 Å². The Morgan fingerprint density at radius 2 is 1.88 bits per heavy atom. The number of hydrogen-bond donors (Lipinski definition) is 3. The van der Waals surface area contributed by atoms with Gasteiger partial charge in [-0.25, -0.2) is 0 Å². The largest absolute Gasteiger partial charge is 0.357 e. The summed E-state index contributed by atoms with van der Waals surface area (Å²) in [4.78, 5) is 40.9. The average Bonchev–Trinajstić information content (AvgIpc) is 3.10. The Morgan fingerprint density at radius 3 is 2.50 bits per heavy atom. The molecule has 2 aromatic carbocycles. The molecule has 1 unspecified atom stereocenters. The van der Waals surface area contributed by atoms with Gasteiger partial charge in [0.05, 0.1) is 11.6 Å². The Kier molecular flexibility index (Phi) is 9.16. The fourth-order valence-corrected chi connectivity index (χ4v) is 5.99. The van der Waals surface area contributed by atoms with Crippen LogP contribution in [0.5, 0.6) is 0 Å². The third kappa shape index (κ3) is 6.00. The maximum Gasteiger partial charge on any atom is 0.243 e. The number of anilines is 1. The number of hydrogen-bond acceptors (Lipinski definition) is 6. The molecule has 0 spiro atoms. The number of imide groups is 1. The highest BCUT2D eigenvalue weighted by atomic mass is 79.9. The lowest BCUT2D eigenvalue weighted by molar-refractivity contribution is -0.147. The van der Waals surface area contributed by atoms with Crippen LogP contribution in [0.4, 0.5) is 5.69 Å². The van der Waals surface area contributed by atoms with Gasteiger partial charge in [0.1, 0.15) is 6.04 Å². The number of amides is 3. The number of benzene rings is 2. The number of thioether (sulfide) groups is 1. The molecule has 0 saturated carbocycles. The summed E-state index contributed by atoms with van der Waals surface area (Å²) in [5.41, 5.74) is 4.70. The lowest BCUT2D eigenvalue weighted by Crippen LogP contribution is -2.50. The van der Waals surface area contributed by atoms with Crippen molar-refractivity contribution in [2.75, 3.05) is 18.3 Å². The highest BCUT2D eigenvalue weighted by Gasteiger charge is 2.44. The number of carbonyl (C=O) groups is 3. The summed E-state index contributed by atoms with van der Waals surface area (Å²) in [5.74, 6) is -0.656. The minimum Gasteiger partial charge on any atom is -0.357 e. The van der Waals surface area contributed by atoms with E-state index in [1.54, 1.807) is 6.07 Å². The van der Waals surface area contributed by atoms with Crippen molar-refractivity contribution in [1.29, 1.82) is 0 Å². The lowest BCUT2D eigenvalue weighted by atomic mass is 10.0. The molecule has 3 rings (SSSR count). The first kappa shape index (κ1) is 26.2. The zero-order valence-electron chi connectivity index (χ0n) is 19.5. The van der Waals surface area contributed by atoms with E-state index in [0.29, 0.717) is 17.4 Å². The number of likely N-dealkylation sites (N-methyl/N-ethyl adjacent to an activating group) is 1. The second-order valence-electron chi connectivity index (χ2n) is 8.75.